The van der Waals surface area contributed by atoms with E-state index in [-0.39, 0.29) is 6.61 Å². The summed E-state index contributed by atoms with van der Waals surface area (Å²) in [7, 11) is 0. The molecule has 0 radical (unpaired) electrons. The summed E-state index contributed by atoms with van der Waals surface area (Å²) in [6.45, 7) is 7.86. The van der Waals surface area contributed by atoms with E-state index in [1.807, 2.05) is 0 Å². The molecule has 10 nitrogen and oxygen atoms in total. The van der Waals surface area contributed by atoms with E-state index in [1.54, 1.807) is 40.7 Å². The Morgan fingerprint density at radius 2 is 1.91 bits per heavy atom. The molecule has 2 aliphatic heterocycles. The molecule has 3 aliphatic carbocycles. The second-order valence-electron chi connectivity index (χ2n) is 11.1. The fourth-order valence-electron chi connectivity index (χ4n) is 8.22. The summed E-state index contributed by atoms with van der Waals surface area (Å²) in [5.74, 6) is -8.13. The largest absolute Gasteiger partial charge is 0.456 e. The van der Waals surface area contributed by atoms with Crippen LogP contribution in [0.3, 0.4) is 0 Å². The molecule has 5 rings (SSSR count). The van der Waals surface area contributed by atoms with E-state index in [2.05, 4.69) is 0 Å². The maximum absolute atomic E-state index is 13.0. The third kappa shape index (κ3) is 2.69. The van der Waals surface area contributed by atoms with E-state index in [0.717, 1.165) is 0 Å². The van der Waals surface area contributed by atoms with Crippen molar-refractivity contribution in [2.45, 2.75) is 70.9 Å². The van der Waals surface area contributed by atoms with Gasteiger partial charge in [-0.25, -0.2) is 9.59 Å². The monoisotopic (exact) mass is 492 g/mol. The Bertz CT molecular complexity index is 1060. The molecule has 192 valence electrons. The highest BCUT2D eigenvalue weighted by molar-refractivity contribution is 5.96. The van der Waals surface area contributed by atoms with Gasteiger partial charge >= 0.3 is 11.9 Å². The van der Waals surface area contributed by atoms with Crippen molar-refractivity contribution < 1.29 is 49.0 Å². The molecule has 4 fully saturated rings. The molecule has 4 N–H and O–H groups in total. The fraction of sp³-hybridized carbons (Fsp3) is 0.720. The van der Waals surface area contributed by atoms with Crippen LogP contribution in [0.15, 0.2) is 23.3 Å². The third-order valence-electron chi connectivity index (χ3n) is 9.60. The van der Waals surface area contributed by atoms with Crippen LogP contribution in [0.2, 0.25) is 0 Å². The number of allylic oxidation sites excluding steroid dienone is 1. The molecule has 1 spiro atoms. The number of carbonyl (C=O) groups excluding carboxylic acids is 3. The Morgan fingerprint density at radius 1 is 1.26 bits per heavy atom. The van der Waals surface area contributed by atoms with Crippen molar-refractivity contribution in [1.82, 2.24) is 0 Å². The zero-order valence-corrected chi connectivity index (χ0v) is 20.3. The van der Waals surface area contributed by atoms with Gasteiger partial charge in [-0.05, 0) is 32.8 Å². The van der Waals surface area contributed by atoms with Crippen LogP contribution in [0, 0.1) is 34.5 Å². The molecule has 0 unspecified atom stereocenters. The number of aliphatic hydroxyl groups is 4. The molecule has 5 aliphatic rings. The molecule has 12 atom stereocenters. The number of rotatable bonds is 2. The normalized spacial score (nSPS) is 52.8. The molecule has 2 heterocycles. The highest BCUT2D eigenvalue weighted by atomic mass is 16.7. The smallest absolute Gasteiger partial charge is 0.335 e. The Hall–Kier alpha value is -2.11. The lowest BCUT2D eigenvalue weighted by atomic mass is 9.37. The van der Waals surface area contributed by atoms with E-state index in [0.29, 0.717) is 11.1 Å². The minimum Gasteiger partial charge on any atom is -0.456 e. The molecular formula is C25H32O10. The van der Waals surface area contributed by atoms with Gasteiger partial charge in [0.1, 0.15) is 24.4 Å². The van der Waals surface area contributed by atoms with Crippen molar-refractivity contribution >= 4 is 17.7 Å². The van der Waals surface area contributed by atoms with E-state index in [9.17, 15) is 34.8 Å². The molecule has 2 saturated heterocycles. The Labute approximate surface area is 202 Å². The predicted molar refractivity (Wildman–Crippen MR) is 117 cm³/mol. The minimum absolute atomic E-state index is 0.238. The van der Waals surface area contributed by atoms with Crippen LogP contribution in [0.4, 0.5) is 0 Å². The van der Waals surface area contributed by atoms with Gasteiger partial charge in [0.15, 0.2) is 17.7 Å². The SMILES string of the molecule is C/C=C(\C)C(=O)O[C@@H]1[C@H]2C(C)=CC(=O)[C@@H](O)[C@]2(C)[C@H]2[C@@]3(O)OC[C@]24[C@H]([C@@H](C)[C@H]3O)[C@@H](O)C(=O)O[C@H]14. The quantitative estimate of drug-likeness (QED) is 0.296. The number of esters is 2. The van der Waals surface area contributed by atoms with Gasteiger partial charge in [0.05, 0.1) is 6.61 Å². The average Bonchev–Trinajstić information content (AvgIpc) is 3.09. The summed E-state index contributed by atoms with van der Waals surface area (Å²) in [6.07, 6.45) is -4.27. The molecule has 0 amide bonds. The van der Waals surface area contributed by atoms with Crippen LogP contribution in [-0.4, -0.2) is 81.1 Å². The summed E-state index contributed by atoms with van der Waals surface area (Å²) in [5.41, 5.74) is -2.05. The number of hydrogen-bond donors (Lipinski definition) is 4. The molecule has 0 aromatic heterocycles. The highest BCUT2D eigenvalue weighted by Crippen LogP contribution is 2.73. The first-order valence-corrected chi connectivity index (χ1v) is 11.9. The summed E-state index contributed by atoms with van der Waals surface area (Å²) in [4.78, 5) is 38.8. The first kappa shape index (κ1) is 24.6. The van der Waals surface area contributed by atoms with Crippen LogP contribution < -0.4 is 0 Å². The maximum Gasteiger partial charge on any atom is 0.335 e. The summed E-state index contributed by atoms with van der Waals surface area (Å²) in [5, 5.41) is 45.3. The fourth-order valence-corrected chi connectivity index (χ4v) is 8.22. The highest BCUT2D eigenvalue weighted by Gasteiger charge is 2.85. The van der Waals surface area contributed by atoms with Crippen LogP contribution in [0.5, 0.6) is 0 Å². The molecule has 35 heavy (non-hydrogen) atoms. The van der Waals surface area contributed by atoms with E-state index >= 15 is 0 Å². The van der Waals surface area contributed by atoms with E-state index in [4.69, 9.17) is 14.2 Å². The zero-order valence-electron chi connectivity index (χ0n) is 20.3. The number of hydrogen-bond acceptors (Lipinski definition) is 10. The van der Waals surface area contributed by atoms with Crippen molar-refractivity contribution in [3.8, 4) is 0 Å². The summed E-state index contributed by atoms with van der Waals surface area (Å²) in [6, 6.07) is 0. The predicted octanol–water partition coefficient (Wildman–Crippen LogP) is -0.375. The third-order valence-corrected chi connectivity index (χ3v) is 9.60. The van der Waals surface area contributed by atoms with Gasteiger partial charge in [0.2, 0.25) is 0 Å². The van der Waals surface area contributed by atoms with Gasteiger partial charge in [0.25, 0.3) is 0 Å². The second-order valence-corrected chi connectivity index (χ2v) is 11.1. The lowest BCUT2D eigenvalue weighted by Gasteiger charge is -2.69. The Balaban J connectivity index is 1.81. The summed E-state index contributed by atoms with van der Waals surface area (Å²) >= 11 is 0. The molecule has 2 saturated carbocycles. The van der Waals surface area contributed by atoms with Crippen LogP contribution in [-0.2, 0) is 28.6 Å². The second kappa shape index (κ2) is 7.45. The lowest BCUT2D eigenvalue weighted by Crippen LogP contribution is -2.81. The Kier molecular flexibility index (Phi) is 5.23. The Morgan fingerprint density at radius 3 is 2.54 bits per heavy atom. The number of ketones is 1. The summed E-state index contributed by atoms with van der Waals surface area (Å²) < 4.78 is 17.6. The van der Waals surface area contributed by atoms with Crippen LogP contribution in [0.1, 0.15) is 34.6 Å². The van der Waals surface area contributed by atoms with Crippen molar-refractivity contribution in [2.75, 3.05) is 6.61 Å². The first-order chi connectivity index (χ1) is 16.3. The van der Waals surface area contributed by atoms with Gasteiger partial charge in [0, 0.05) is 34.2 Å². The molecule has 10 heteroatoms. The minimum atomic E-state index is -2.20. The van der Waals surface area contributed by atoms with Crippen LogP contribution in [0.25, 0.3) is 0 Å². The van der Waals surface area contributed by atoms with E-state index in [1.165, 1.54) is 6.08 Å². The van der Waals surface area contributed by atoms with Crippen LogP contribution >= 0.6 is 0 Å². The van der Waals surface area contributed by atoms with Gasteiger partial charge in [-0.2, -0.15) is 0 Å². The average molecular weight is 493 g/mol. The standard InChI is InChI=1S/C25H32O10/c1-6-9(2)20(30)34-16-13-10(3)7-12(26)18(29)23(13,5)22-24-8-33-25(22,32)17(28)11(4)14(24)15(27)21(31)35-19(16)24/h6-7,11,13-19,22,27-29,32H,8H2,1-5H3/b9-6+/t11-,13-,14-,15-,16-,17-,18-,19-,22-,23-,24-,25+/m1/s1. The number of ether oxygens (including phenoxy) is 3. The first-order valence-electron chi connectivity index (χ1n) is 11.9. The lowest BCUT2D eigenvalue weighted by molar-refractivity contribution is -0.352. The van der Waals surface area contributed by atoms with Crippen molar-refractivity contribution in [1.29, 1.82) is 0 Å². The van der Waals surface area contributed by atoms with Crippen molar-refractivity contribution in [3.63, 3.8) is 0 Å². The number of fused-ring (bicyclic) bond motifs is 1. The molecular weight excluding hydrogens is 460 g/mol. The maximum atomic E-state index is 13.0. The van der Waals surface area contributed by atoms with Crippen molar-refractivity contribution in [3.05, 3.63) is 23.3 Å². The van der Waals surface area contributed by atoms with Gasteiger partial charge < -0.3 is 34.6 Å². The zero-order chi connectivity index (χ0) is 25.8. The molecule has 2 bridgehead atoms. The van der Waals surface area contributed by atoms with Gasteiger partial charge in [-0.15, -0.1) is 0 Å². The van der Waals surface area contributed by atoms with E-state index < -0.39 is 88.5 Å². The number of carbonyl (C=O) groups is 3. The van der Waals surface area contributed by atoms with Crippen molar-refractivity contribution in [2.24, 2.45) is 34.5 Å². The van der Waals surface area contributed by atoms with Gasteiger partial charge in [-0.1, -0.05) is 25.5 Å². The molecule has 0 aromatic rings. The van der Waals surface area contributed by atoms with Gasteiger partial charge in [-0.3, -0.25) is 4.79 Å². The number of aliphatic hydroxyl groups excluding tert-OH is 3. The molecule has 0 aromatic carbocycles. The topological polar surface area (TPSA) is 160 Å².